The van der Waals surface area contributed by atoms with E-state index in [-0.39, 0.29) is 11.8 Å². The van der Waals surface area contributed by atoms with Crippen LogP contribution in [0.1, 0.15) is 36.2 Å². The molecule has 1 saturated heterocycles. The molecule has 0 bridgehead atoms. The molecule has 2 aliphatic rings. The summed E-state index contributed by atoms with van der Waals surface area (Å²) in [6.45, 7) is 9.05. The molecule has 1 atom stereocenters. The van der Waals surface area contributed by atoms with Gasteiger partial charge in [-0.3, -0.25) is 14.5 Å². The Labute approximate surface area is 137 Å². The van der Waals surface area contributed by atoms with Crippen LogP contribution in [0.3, 0.4) is 0 Å². The molecule has 124 valence electrons. The van der Waals surface area contributed by atoms with E-state index in [1.165, 1.54) is 0 Å². The van der Waals surface area contributed by atoms with Crippen LogP contribution in [0.2, 0.25) is 0 Å². The number of rotatable bonds is 4. The maximum atomic E-state index is 12.8. The zero-order valence-corrected chi connectivity index (χ0v) is 14.0. The fraction of sp³-hybridized carbons (Fsp3) is 0.556. The van der Waals surface area contributed by atoms with Crippen molar-refractivity contribution in [3.63, 3.8) is 0 Å². The molecule has 23 heavy (non-hydrogen) atoms. The van der Waals surface area contributed by atoms with Crippen LogP contribution < -0.4 is 0 Å². The quantitative estimate of drug-likeness (QED) is 0.847. The fourth-order valence-electron chi connectivity index (χ4n) is 3.50. The first-order valence-corrected chi connectivity index (χ1v) is 8.52. The van der Waals surface area contributed by atoms with E-state index in [4.69, 9.17) is 0 Å². The van der Waals surface area contributed by atoms with Gasteiger partial charge in [0, 0.05) is 38.3 Å². The van der Waals surface area contributed by atoms with E-state index in [2.05, 4.69) is 11.8 Å². The van der Waals surface area contributed by atoms with Gasteiger partial charge in [0.25, 0.3) is 5.91 Å². The third kappa shape index (κ3) is 3.11. The third-order valence-corrected chi connectivity index (χ3v) is 4.90. The van der Waals surface area contributed by atoms with Crippen LogP contribution in [0.25, 0.3) is 0 Å². The maximum Gasteiger partial charge on any atom is 0.255 e. The monoisotopic (exact) mass is 315 g/mol. The Hall–Kier alpha value is -1.88. The van der Waals surface area contributed by atoms with E-state index < -0.39 is 6.04 Å². The van der Waals surface area contributed by atoms with Crippen LogP contribution in [-0.4, -0.2) is 65.3 Å². The van der Waals surface area contributed by atoms with Gasteiger partial charge in [0.1, 0.15) is 6.04 Å². The Kier molecular flexibility index (Phi) is 4.66. The molecule has 5 nitrogen and oxygen atoms in total. The number of hydrogen-bond acceptors (Lipinski definition) is 3. The Balaban J connectivity index is 1.62. The van der Waals surface area contributed by atoms with Crippen LogP contribution in [-0.2, 0) is 11.3 Å². The van der Waals surface area contributed by atoms with Crippen molar-refractivity contribution in [2.75, 3.05) is 32.7 Å². The molecule has 1 aromatic carbocycles. The molecule has 0 aliphatic carbocycles. The summed E-state index contributed by atoms with van der Waals surface area (Å²) in [5, 5.41) is 0. The summed E-state index contributed by atoms with van der Waals surface area (Å²) in [5.74, 6) is 0.0494. The molecule has 2 heterocycles. The molecule has 0 N–H and O–H groups in total. The van der Waals surface area contributed by atoms with Gasteiger partial charge in [-0.05, 0) is 31.5 Å². The van der Waals surface area contributed by atoms with Crippen molar-refractivity contribution in [1.82, 2.24) is 14.7 Å². The average molecular weight is 315 g/mol. The standard InChI is InChI=1S/C18H25N3O2/c1-3-8-19-9-11-20(12-10-19)17(22)14(2)21-13-15-6-4-5-7-16(15)18(21)23/h4-7,14H,3,8-13H2,1-2H3/t14-/m0/s1. The summed E-state index contributed by atoms with van der Waals surface area (Å²) in [7, 11) is 0. The van der Waals surface area contributed by atoms with Crippen LogP contribution in [0.15, 0.2) is 24.3 Å². The first kappa shape index (κ1) is 16.0. The fourth-order valence-corrected chi connectivity index (χ4v) is 3.50. The van der Waals surface area contributed by atoms with E-state index in [1.807, 2.05) is 36.1 Å². The summed E-state index contributed by atoms with van der Waals surface area (Å²) < 4.78 is 0. The number of benzene rings is 1. The normalized spacial score (nSPS) is 19.8. The molecule has 0 unspecified atom stereocenters. The first-order valence-electron chi connectivity index (χ1n) is 8.52. The van der Waals surface area contributed by atoms with Crippen molar-refractivity contribution >= 4 is 11.8 Å². The lowest BCUT2D eigenvalue weighted by atomic mass is 10.1. The number of carbonyl (C=O) groups excluding carboxylic acids is 2. The number of carbonyl (C=O) groups is 2. The summed E-state index contributed by atoms with van der Waals surface area (Å²) >= 11 is 0. The van der Waals surface area contributed by atoms with Gasteiger partial charge < -0.3 is 9.80 Å². The Morgan fingerprint density at radius 2 is 1.87 bits per heavy atom. The summed E-state index contributed by atoms with van der Waals surface area (Å²) in [5.41, 5.74) is 1.75. The minimum atomic E-state index is -0.396. The lowest BCUT2D eigenvalue weighted by Crippen LogP contribution is -2.54. The van der Waals surface area contributed by atoms with Gasteiger partial charge in [-0.1, -0.05) is 25.1 Å². The highest BCUT2D eigenvalue weighted by Crippen LogP contribution is 2.25. The molecule has 0 radical (unpaired) electrons. The highest BCUT2D eigenvalue weighted by atomic mass is 16.2. The highest BCUT2D eigenvalue weighted by molar-refractivity contribution is 6.01. The van der Waals surface area contributed by atoms with Crippen LogP contribution in [0, 0.1) is 0 Å². The zero-order chi connectivity index (χ0) is 16.4. The van der Waals surface area contributed by atoms with E-state index in [1.54, 1.807) is 4.90 Å². The second kappa shape index (κ2) is 6.71. The molecule has 2 aliphatic heterocycles. The van der Waals surface area contributed by atoms with E-state index >= 15 is 0 Å². The number of hydrogen-bond donors (Lipinski definition) is 0. The molecule has 2 amide bonds. The molecule has 1 fully saturated rings. The van der Waals surface area contributed by atoms with Crippen LogP contribution >= 0.6 is 0 Å². The molecule has 0 aromatic heterocycles. The molecular weight excluding hydrogens is 290 g/mol. The largest absolute Gasteiger partial charge is 0.338 e. The summed E-state index contributed by atoms with van der Waals surface area (Å²) in [6, 6.07) is 7.23. The average Bonchev–Trinajstić information content (AvgIpc) is 2.92. The zero-order valence-electron chi connectivity index (χ0n) is 14.0. The molecule has 1 aromatic rings. The van der Waals surface area contributed by atoms with Crippen molar-refractivity contribution in [3.8, 4) is 0 Å². The maximum absolute atomic E-state index is 12.8. The van der Waals surface area contributed by atoms with Crippen molar-refractivity contribution in [3.05, 3.63) is 35.4 Å². The van der Waals surface area contributed by atoms with Gasteiger partial charge in [0.2, 0.25) is 5.91 Å². The SMILES string of the molecule is CCCN1CCN(C(=O)[C@H](C)N2Cc3ccccc3C2=O)CC1. The predicted octanol–water partition coefficient (Wildman–Crippen LogP) is 1.59. The van der Waals surface area contributed by atoms with Gasteiger partial charge in [0.15, 0.2) is 0 Å². The highest BCUT2D eigenvalue weighted by Gasteiger charge is 2.35. The lowest BCUT2D eigenvalue weighted by molar-refractivity contribution is -0.137. The second-order valence-electron chi connectivity index (χ2n) is 6.43. The number of fused-ring (bicyclic) bond motifs is 1. The predicted molar refractivity (Wildman–Crippen MR) is 89.1 cm³/mol. The third-order valence-electron chi connectivity index (χ3n) is 4.90. The smallest absolute Gasteiger partial charge is 0.255 e. The van der Waals surface area contributed by atoms with E-state index in [9.17, 15) is 9.59 Å². The van der Waals surface area contributed by atoms with Gasteiger partial charge in [-0.25, -0.2) is 0 Å². The molecule has 3 rings (SSSR count). The van der Waals surface area contributed by atoms with Gasteiger partial charge >= 0.3 is 0 Å². The Morgan fingerprint density at radius 1 is 1.17 bits per heavy atom. The first-order chi connectivity index (χ1) is 11.1. The minimum Gasteiger partial charge on any atom is -0.338 e. The number of amides is 2. The van der Waals surface area contributed by atoms with Crippen molar-refractivity contribution in [2.45, 2.75) is 32.9 Å². The van der Waals surface area contributed by atoms with Crippen LogP contribution in [0.5, 0.6) is 0 Å². The summed E-state index contributed by atoms with van der Waals surface area (Å²) in [4.78, 5) is 31.3. The number of nitrogens with zero attached hydrogens (tertiary/aromatic N) is 3. The summed E-state index contributed by atoms with van der Waals surface area (Å²) in [6.07, 6.45) is 1.14. The van der Waals surface area contributed by atoms with Gasteiger partial charge in [-0.15, -0.1) is 0 Å². The van der Waals surface area contributed by atoms with Gasteiger partial charge in [0.05, 0.1) is 0 Å². The van der Waals surface area contributed by atoms with Gasteiger partial charge in [-0.2, -0.15) is 0 Å². The molecule has 0 saturated carbocycles. The topological polar surface area (TPSA) is 43.9 Å². The minimum absolute atomic E-state index is 0.0222. The van der Waals surface area contributed by atoms with Crippen molar-refractivity contribution in [1.29, 1.82) is 0 Å². The van der Waals surface area contributed by atoms with Crippen LogP contribution in [0.4, 0.5) is 0 Å². The van der Waals surface area contributed by atoms with Crippen molar-refractivity contribution in [2.24, 2.45) is 0 Å². The lowest BCUT2D eigenvalue weighted by Gasteiger charge is -2.37. The Morgan fingerprint density at radius 3 is 2.52 bits per heavy atom. The van der Waals surface area contributed by atoms with E-state index in [0.717, 1.165) is 50.3 Å². The van der Waals surface area contributed by atoms with E-state index in [0.29, 0.717) is 6.54 Å². The van der Waals surface area contributed by atoms with Crippen molar-refractivity contribution < 1.29 is 9.59 Å². The second-order valence-corrected chi connectivity index (χ2v) is 6.43. The Bertz CT molecular complexity index is 594. The molecule has 0 spiro atoms. The number of piperazine rings is 1. The molecule has 5 heteroatoms. The molecular formula is C18H25N3O2.